The Morgan fingerprint density at radius 1 is 1.38 bits per heavy atom. The van der Waals surface area contributed by atoms with E-state index in [9.17, 15) is 5.11 Å². The molecular formula is C12H22N2OS. The number of anilines is 1. The fourth-order valence-corrected chi connectivity index (χ4v) is 2.55. The maximum Gasteiger partial charge on any atom is 0.185 e. The summed E-state index contributed by atoms with van der Waals surface area (Å²) in [6.45, 7) is 8.69. The number of rotatable bonds is 5. The Hall–Kier alpha value is -0.610. The normalized spacial score (nSPS) is 13.2. The van der Waals surface area contributed by atoms with Crippen molar-refractivity contribution in [3.63, 3.8) is 0 Å². The summed E-state index contributed by atoms with van der Waals surface area (Å²) in [5.41, 5.74) is 1.07. The molecule has 4 heteroatoms. The Morgan fingerprint density at radius 3 is 2.44 bits per heavy atom. The molecule has 0 radical (unpaired) electrons. The van der Waals surface area contributed by atoms with Crippen molar-refractivity contribution >= 4 is 16.5 Å². The van der Waals surface area contributed by atoms with Crippen LogP contribution in [-0.4, -0.2) is 23.2 Å². The number of nitrogens with zero attached hydrogens (tertiary/aromatic N) is 2. The Morgan fingerprint density at radius 2 is 2.00 bits per heavy atom. The van der Waals surface area contributed by atoms with Gasteiger partial charge in [-0.25, -0.2) is 4.98 Å². The Balaban J connectivity index is 3.02. The fourth-order valence-electron chi connectivity index (χ4n) is 1.41. The third kappa shape index (κ3) is 2.74. The molecule has 0 saturated heterocycles. The molecule has 0 aliphatic rings. The van der Waals surface area contributed by atoms with E-state index in [4.69, 9.17) is 0 Å². The average molecular weight is 242 g/mol. The third-order valence-electron chi connectivity index (χ3n) is 3.02. The Kier molecular flexibility index (Phi) is 4.74. The molecule has 0 amide bonds. The van der Waals surface area contributed by atoms with Crippen molar-refractivity contribution in [1.29, 1.82) is 0 Å². The van der Waals surface area contributed by atoms with Crippen molar-refractivity contribution in [2.45, 2.75) is 52.7 Å². The largest absolute Gasteiger partial charge is 0.391 e. The predicted octanol–water partition coefficient (Wildman–Crippen LogP) is 2.99. The van der Waals surface area contributed by atoms with Crippen molar-refractivity contribution in [2.24, 2.45) is 0 Å². The van der Waals surface area contributed by atoms with Gasteiger partial charge in [-0.3, -0.25) is 0 Å². The van der Waals surface area contributed by atoms with Gasteiger partial charge in [0.2, 0.25) is 0 Å². The van der Waals surface area contributed by atoms with Gasteiger partial charge in [-0.2, -0.15) is 0 Å². The molecule has 0 aliphatic carbocycles. The van der Waals surface area contributed by atoms with Gasteiger partial charge in [0.05, 0.1) is 17.2 Å². The topological polar surface area (TPSA) is 36.4 Å². The van der Waals surface area contributed by atoms with Gasteiger partial charge in [0.1, 0.15) is 0 Å². The summed E-state index contributed by atoms with van der Waals surface area (Å²) < 4.78 is 0. The SMILES string of the molecule is CCC(C)c1nc(N(C)C(C)C)sc1CO. The number of aromatic nitrogens is 1. The van der Waals surface area contributed by atoms with Crippen LogP contribution < -0.4 is 4.90 Å². The molecule has 1 atom stereocenters. The zero-order chi connectivity index (χ0) is 12.3. The molecule has 1 N–H and O–H groups in total. The summed E-state index contributed by atoms with van der Waals surface area (Å²) in [6.07, 6.45) is 1.06. The second-order valence-corrected chi connectivity index (χ2v) is 5.54. The summed E-state index contributed by atoms with van der Waals surface area (Å²) in [5.74, 6) is 0.424. The van der Waals surface area contributed by atoms with Crippen LogP contribution in [0.2, 0.25) is 0 Å². The third-order valence-corrected chi connectivity index (χ3v) is 4.16. The van der Waals surface area contributed by atoms with Crippen LogP contribution >= 0.6 is 11.3 Å². The second-order valence-electron chi connectivity index (χ2n) is 4.48. The fraction of sp³-hybridized carbons (Fsp3) is 0.750. The van der Waals surface area contributed by atoms with Crippen molar-refractivity contribution in [3.8, 4) is 0 Å². The zero-order valence-electron chi connectivity index (χ0n) is 10.8. The molecule has 1 heterocycles. The average Bonchev–Trinajstić information content (AvgIpc) is 2.70. The van der Waals surface area contributed by atoms with Crippen LogP contribution in [0.1, 0.15) is 50.6 Å². The van der Waals surface area contributed by atoms with Crippen LogP contribution in [0, 0.1) is 0 Å². The first-order valence-corrected chi connectivity index (χ1v) is 6.66. The van der Waals surface area contributed by atoms with E-state index in [2.05, 4.69) is 37.6 Å². The zero-order valence-corrected chi connectivity index (χ0v) is 11.6. The van der Waals surface area contributed by atoms with Gasteiger partial charge in [-0.15, -0.1) is 0 Å². The summed E-state index contributed by atoms with van der Waals surface area (Å²) in [6, 6.07) is 0.433. The number of hydrogen-bond donors (Lipinski definition) is 1. The van der Waals surface area contributed by atoms with E-state index < -0.39 is 0 Å². The summed E-state index contributed by atoms with van der Waals surface area (Å²) >= 11 is 1.60. The first-order chi connectivity index (χ1) is 7.51. The lowest BCUT2D eigenvalue weighted by molar-refractivity contribution is 0.283. The molecule has 0 saturated carbocycles. The molecule has 0 fully saturated rings. The molecule has 1 aromatic heterocycles. The molecule has 3 nitrogen and oxygen atoms in total. The van der Waals surface area contributed by atoms with Gasteiger partial charge in [0, 0.05) is 13.1 Å². The minimum atomic E-state index is 0.100. The van der Waals surface area contributed by atoms with Crippen LogP contribution in [0.4, 0.5) is 5.13 Å². The summed E-state index contributed by atoms with van der Waals surface area (Å²) in [7, 11) is 2.05. The van der Waals surface area contributed by atoms with E-state index >= 15 is 0 Å². The van der Waals surface area contributed by atoms with Gasteiger partial charge < -0.3 is 10.0 Å². The van der Waals surface area contributed by atoms with E-state index in [1.54, 1.807) is 11.3 Å². The van der Waals surface area contributed by atoms with Crippen LogP contribution in [0.15, 0.2) is 0 Å². The lowest BCUT2D eigenvalue weighted by Gasteiger charge is -2.20. The molecule has 0 bridgehead atoms. The number of aliphatic hydroxyl groups is 1. The molecule has 16 heavy (non-hydrogen) atoms. The van der Waals surface area contributed by atoms with Gasteiger partial charge in [0.25, 0.3) is 0 Å². The van der Waals surface area contributed by atoms with Crippen LogP contribution in [0.25, 0.3) is 0 Å². The van der Waals surface area contributed by atoms with Gasteiger partial charge in [-0.1, -0.05) is 25.2 Å². The summed E-state index contributed by atoms with van der Waals surface area (Å²) in [5, 5.41) is 10.4. The second kappa shape index (κ2) is 5.64. The molecular weight excluding hydrogens is 220 g/mol. The van der Waals surface area contributed by atoms with Gasteiger partial charge in [0.15, 0.2) is 5.13 Å². The molecule has 0 aromatic carbocycles. The van der Waals surface area contributed by atoms with Crippen LogP contribution in [0.5, 0.6) is 0 Å². The monoisotopic (exact) mass is 242 g/mol. The first kappa shape index (κ1) is 13.5. The van der Waals surface area contributed by atoms with Gasteiger partial charge >= 0.3 is 0 Å². The molecule has 1 rings (SSSR count). The lowest BCUT2D eigenvalue weighted by Crippen LogP contribution is -2.25. The highest BCUT2D eigenvalue weighted by Gasteiger charge is 2.18. The van der Waals surface area contributed by atoms with Crippen molar-refractivity contribution in [2.75, 3.05) is 11.9 Å². The number of aliphatic hydroxyl groups excluding tert-OH is 1. The lowest BCUT2D eigenvalue weighted by atomic mass is 10.0. The van der Waals surface area contributed by atoms with E-state index in [1.165, 1.54) is 0 Å². The van der Waals surface area contributed by atoms with Crippen molar-refractivity contribution < 1.29 is 5.11 Å². The highest BCUT2D eigenvalue weighted by Crippen LogP contribution is 2.32. The first-order valence-electron chi connectivity index (χ1n) is 5.84. The molecule has 0 aliphatic heterocycles. The van der Waals surface area contributed by atoms with Gasteiger partial charge in [-0.05, 0) is 26.2 Å². The molecule has 0 spiro atoms. The predicted molar refractivity (Wildman–Crippen MR) is 70.3 cm³/mol. The number of hydrogen-bond acceptors (Lipinski definition) is 4. The maximum atomic E-state index is 9.35. The molecule has 1 unspecified atom stereocenters. The van der Waals surface area contributed by atoms with E-state index in [0.29, 0.717) is 12.0 Å². The quantitative estimate of drug-likeness (QED) is 0.862. The van der Waals surface area contributed by atoms with Crippen molar-refractivity contribution in [1.82, 2.24) is 4.98 Å². The van der Waals surface area contributed by atoms with E-state index in [-0.39, 0.29) is 6.61 Å². The number of thiazole rings is 1. The maximum absolute atomic E-state index is 9.35. The highest BCUT2D eigenvalue weighted by molar-refractivity contribution is 7.15. The van der Waals surface area contributed by atoms with E-state index in [1.807, 2.05) is 7.05 Å². The van der Waals surface area contributed by atoms with Crippen LogP contribution in [-0.2, 0) is 6.61 Å². The Bertz CT molecular complexity index is 336. The minimum Gasteiger partial charge on any atom is -0.391 e. The smallest absolute Gasteiger partial charge is 0.185 e. The minimum absolute atomic E-state index is 0.100. The van der Waals surface area contributed by atoms with E-state index in [0.717, 1.165) is 22.1 Å². The molecule has 1 aromatic rings. The Labute approximate surface area is 102 Å². The van der Waals surface area contributed by atoms with Crippen LogP contribution in [0.3, 0.4) is 0 Å². The highest BCUT2D eigenvalue weighted by atomic mass is 32.1. The summed E-state index contributed by atoms with van der Waals surface area (Å²) in [4.78, 5) is 7.82. The molecule has 92 valence electrons. The standard InChI is InChI=1S/C12H22N2OS/c1-6-9(4)11-10(7-15)16-12(13-11)14(5)8(2)3/h8-9,15H,6-7H2,1-5H3. The van der Waals surface area contributed by atoms with Crippen molar-refractivity contribution in [3.05, 3.63) is 10.6 Å².